The highest BCUT2D eigenvalue weighted by molar-refractivity contribution is 6.30. The Morgan fingerprint density at radius 3 is 2.41 bits per heavy atom. The molecule has 5 atom stereocenters. The Morgan fingerprint density at radius 2 is 1.55 bits per heavy atom. The summed E-state index contributed by atoms with van der Waals surface area (Å²) in [4.78, 5) is 0. The second kappa shape index (κ2) is 6.19. The van der Waals surface area contributed by atoms with Crippen LogP contribution in [0.1, 0.15) is 63.0 Å². The first-order valence-corrected chi connectivity index (χ1v) is 9.84. The molecule has 0 aromatic heterocycles. The average molecular weight is 317 g/mol. The predicted molar refractivity (Wildman–Crippen MR) is 94.3 cm³/mol. The molecule has 120 valence electrons. The van der Waals surface area contributed by atoms with Gasteiger partial charge in [0.15, 0.2) is 0 Å². The summed E-state index contributed by atoms with van der Waals surface area (Å²) in [6.07, 6.45) is 13.0. The van der Waals surface area contributed by atoms with Crippen LogP contribution in [0.4, 0.5) is 0 Å². The molecule has 1 aromatic carbocycles. The van der Waals surface area contributed by atoms with E-state index in [0.29, 0.717) is 0 Å². The van der Waals surface area contributed by atoms with Crippen LogP contribution in [0, 0.1) is 29.6 Å². The molecular formula is C21H29Cl. The fourth-order valence-corrected chi connectivity index (χ4v) is 5.94. The first-order valence-electron chi connectivity index (χ1n) is 9.46. The smallest absolute Gasteiger partial charge is 0.0408 e. The molecule has 0 saturated heterocycles. The van der Waals surface area contributed by atoms with Crippen molar-refractivity contribution in [3.63, 3.8) is 0 Å². The third kappa shape index (κ3) is 2.96. The van der Waals surface area contributed by atoms with Crippen molar-refractivity contribution in [2.75, 3.05) is 0 Å². The average Bonchev–Trinajstić information content (AvgIpc) is 2.54. The summed E-state index contributed by atoms with van der Waals surface area (Å²) >= 11 is 6.15. The van der Waals surface area contributed by atoms with Gasteiger partial charge in [-0.05, 0) is 104 Å². The van der Waals surface area contributed by atoms with Gasteiger partial charge in [-0.2, -0.15) is 0 Å². The molecule has 1 heteroatoms. The summed E-state index contributed by atoms with van der Waals surface area (Å²) in [6.45, 7) is 2.46. The molecule has 0 bridgehead atoms. The van der Waals surface area contributed by atoms with Gasteiger partial charge >= 0.3 is 0 Å². The van der Waals surface area contributed by atoms with Gasteiger partial charge in [-0.3, -0.25) is 0 Å². The van der Waals surface area contributed by atoms with Crippen LogP contribution < -0.4 is 0 Å². The summed E-state index contributed by atoms with van der Waals surface area (Å²) in [7, 11) is 0. The van der Waals surface area contributed by atoms with E-state index in [2.05, 4.69) is 25.1 Å². The summed E-state index contributed by atoms with van der Waals surface area (Å²) in [5, 5.41) is 0.911. The number of benzene rings is 1. The van der Waals surface area contributed by atoms with Gasteiger partial charge < -0.3 is 0 Å². The molecule has 0 aliphatic heterocycles. The van der Waals surface area contributed by atoms with Gasteiger partial charge in [-0.25, -0.2) is 0 Å². The van der Waals surface area contributed by atoms with Gasteiger partial charge in [-0.15, -0.1) is 0 Å². The van der Waals surface area contributed by atoms with E-state index in [9.17, 15) is 0 Å². The Morgan fingerprint density at radius 1 is 0.818 bits per heavy atom. The van der Waals surface area contributed by atoms with Crippen molar-refractivity contribution in [3.05, 3.63) is 34.3 Å². The normalized spacial score (nSPS) is 38.2. The van der Waals surface area contributed by atoms with E-state index in [-0.39, 0.29) is 0 Å². The fourth-order valence-electron chi connectivity index (χ4n) is 5.74. The maximum atomic E-state index is 6.15. The molecule has 2 saturated carbocycles. The van der Waals surface area contributed by atoms with Crippen molar-refractivity contribution >= 4 is 11.6 Å². The van der Waals surface area contributed by atoms with E-state index >= 15 is 0 Å². The zero-order valence-electron chi connectivity index (χ0n) is 13.9. The number of rotatable bonds is 1. The summed E-state index contributed by atoms with van der Waals surface area (Å²) in [5.41, 5.74) is 3.10. The molecule has 2 fully saturated rings. The molecular weight excluding hydrogens is 288 g/mol. The molecule has 22 heavy (non-hydrogen) atoms. The second-order valence-corrected chi connectivity index (χ2v) is 8.86. The van der Waals surface area contributed by atoms with Crippen LogP contribution in [0.3, 0.4) is 0 Å². The highest BCUT2D eigenvalue weighted by atomic mass is 35.5. The van der Waals surface area contributed by atoms with E-state index in [1.54, 1.807) is 5.56 Å². The SMILES string of the molecule is CC1CCC2CC(C3CCc4cc(Cl)ccc4C3)CCC2C1. The van der Waals surface area contributed by atoms with Gasteiger partial charge in [0.05, 0.1) is 0 Å². The van der Waals surface area contributed by atoms with Crippen molar-refractivity contribution in [3.8, 4) is 0 Å². The first-order chi connectivity index (χ1) is 10.7. The topological polar surface area (TPSA) is 0 Å². The van der Waals surface area contributed by atoms with Crippen molar-refractivity contribution in [1.82, 2.24) is 0 Å². The van der Waals surface area contributed by atoms with Crippen LogP contribution in [0.2, 0.25) is 5.02 Å². The van der Waals surface area contributed by atoms with Crippen LogP contribution in [0.25, 0.3) is 0 Å². The number of hydrogen-bond acceptors (Lipinski definition) is 0. The van der Waals surface area contributed by atoms with Gasteiger partial charge in [0.1, 0.15) is 0 Å². The molecule has 0 heterocycles. The third-order valence-electron chi connectivity index (χ3n) is 7.02. The molecule has 1 aromatic rings. The molecule has 4 rings (SSSR count). The Balaban J connectivity index is 1.42. The zero-order chi connectivity index (χ0) is 15.1. The van der Waals surface area contributed by atoms with Crippen LogP contribution in [0.5, 0.6) is 0 Å². The van der Waals surface area contributed by atoms with Crippen molar-refractivity contribution in [2.45, 2.75) is 64.7 Å². The summed E-state index contributed by atoms with van der Waals surface area (Å²) < 4.78 is 0. The minimum atomic E-state index is 0.911. The predicted octanol–water partition coefficient (Wildman–Crippen LogP) is 6.30. The minimum Gasteiger partial charge on any atom is -0.0843 e. The first kappa shape index (κ1) is 15.1. The van der Waals surface area contributed by atoms with Gasteiger partial charge in [0.2, 0.25) is 0 Å². The van der Waals surface area contributed by atoms with E-state index in [1.807, 2.05) is 0 Å². The van der Waals surface area contributed by atoms with Crippen LogP contribution >= 0.6 is 11.6 Å². The quantitative estimate of drug-likeness (QED) is 0.570. The fraction of sp³-hybridized carbons (Fsp3) is 0.714. The lowest BCUT2D eigenvalue weighted by atomic mass is 9.61. The number of hydrogen-bond donors (Lipinski definition) is 0. The largest absolute Gasteiger partial charge is 0.0843 e. The molecule has 0 amide bonds. The molecule has 0 N–H and O–H groups in total. The van der Waals surface area contributed by atoms with Gasteiger partial charge in [0, 0.05) is 5.02 Å². The van der Waals surface area contributed by atoms with Crippen LogP contribution in [-0.2, 0) is 12.8 Å². The zero-order valence-corrected chi connectivity index (χ0v) is 14.6. The Hall–Kier alpha value is -0.490. The maximum Gasteiger partial charge on any atom is 0.0408 e. The van der Waals surface area contributed by atoms with Crippen molar-refractivity contribution in [2.24, 2.45) is 29.6 Å². The van der Waals surface area contributed by atoms with Gasteiger partial charge in [-0.1, -0.05) is 31.0 Å². The third-order valence-corrected chi connectivity index (χ3v) is 7.25. The van der Waals surface area contributed by atoms with E-state index in [1.165, 1.54) is 63.4 Å². The summed E-state index contributed by atoms with van der Waals surface area (Å²) in [6, 6.07) is 6.58. The maximum absolute atomic E-state index is 6.15. The number of halogens is 1. The Kier molecular flexibility index (Phi) is 4.24. The second-order valence-electron chi connectivity index (χ2n) is 8.43. The molecule has 0 spiro atoms. The standard InChI is InChI=1S/C21H29Cl/c1-14-2-3-16-11-17(5-4-15(16)10-14)18-6-7-20-13-21(22)9-8-19(20)12-18/h8-9,13-18H,2-7,10-12H2,1H3. The van der Waals surface area contributed by atoms with E-state index in [4.69, 9.17) is 11.6 Å². The molecule has 3 aliphatic carbocycles. The molecule has 0 radical (unpaired) electrons. The highest BCUT2D eigenvalue weighted by Crippen LogP contribution is 2.48. The lowest BCUT2D eigenvalue weighted by molar-refractivity contribution is 0.0757. The Labute approximate surface area is 140 Å². The Bertz CT molecular complexity index is 535. The monoisotopic (exact) mass is 316 g/mol. The van der Waals surface area contributed by atoms with Crippen LogP contribution in [-0.4, -0.2) is 0 Å². The lowest BCUT2D eigenvalue weighted by Gasteiger charge is -2.44. The number of aryl methyl sites for hydroxylation is 1. The summed E-state index contributed by atoms with van der Waals surface area (Å²) in [5.74, 6) is 5.05. The molecule has 0 nitrogen and oxygen atoms in total. The molecule has 3 aliphatic rings. The van der Waals surface area contributed by atoms with Crippen molar-refractivity contribution in [1.29, 1.82) is 0 Å². The number of fused-ring (bicyclic) bond motifs is 2. The molecule has 5 unspecified atom stereocenters. The minimum absolute atomic E-state index is 0.911. The van der Waals surface area contributed by atoms with Gasteiger partial charge in [0.25, 0.3) is 0 Å². The van der Waals surface area contributed by atoms with Crippen molar-refractivity contribution < 1.29 is 0 Å². The lowest BCUT2D eigenvalue weighted by Crippen LogP contribution is -2.34. The highest BCUT2D eigenvalue weighted by Gasteiger charge is 2.37. The van der Waals surface area contributed by atoms with E-state index < -0.39 is 0 Å². The van der Waals surface area contributed by atoms with Crippen LogP contribution in [0.15, 0.2) is 18.2 Å². The van der Waals surface area contributed by atoms with E-state index in [0.717, 1.165) is 34.6 Å².